The van der Waals surface area contributed by atoms with E-state index in [0.29, 0.717) is 22.8 Å². The Labute approximate surface area is 765 Å². The zero-order valence-electron chi connectivity index (χ0n) is 71.2. The van der Waals surface area contributed by atoms with Crippen molar-refractivity contribution in [2.24, 2.45) is 0 Å². The normalized spacial score (nSPS) is 11.9. The molecule has 0 amide bonds. The number of imidazole rings is 2. The number of rotatable bonds is 13. The van der Waals surface area contributed by atoms with Gasteiger partial charge in [0.05, 0.1) is 44.6 Å². The molecule has 0 unspecified atom stereocenters. The minimum Gasteiger partial charge on any atom is -0.507 e. The van der Waals surface area contributed by atoms with Crippen LogP contribution in [0.25, 0.3) is 200 Å². The first-order valence-electron chi connectivity index (χ1n) is 42.5. The van der Waals surface area contributed by atoms with Crippen molar-refractivity contribution in [3.63, 3.8) is 0 Å². The molecule has 622 valence electrons. The van der Waals surface area contributed by atoms with Crippen LogP contribution in [0.1, 0.15) is 77.6 Å². The van der Waals surface area contributed by atoms with Crippen molar-refractivity contribution in [1.82, 2.24) is 29.1 Å². The molecule has 0 bridgehead atoms. The van der Waals surface area contributed by atoms with Crippen molar-refractivity contribution in [1.29, 1.82) is 0 Å². The molecular formula is C115H86N6O4Pt2-2. The van der Waals surface area contributed by atoms with Crippen LogP contribution in [-0.4, -0.2) is 39.3 Å². The van der Waals surface area contributed by atoms with Gasteiger partial charge in [-0.3, -0.25) is 19.1 Å². The second kappa shape index (κ2) is 33.1. The molecule has 127 heavy (non-hydrogen) atoms. The molecule has 0 saturated heterocycles. The Hall–Kier alpha value is -14.1. The molecule has 6 heterocycles. The van der Waals surface area contributed by atoms with E-state index >= 15 is 0 Å². The summed E-state index contributed by atoms with van der Waals surface area (Å²) in [5.74, 6) is 1.61. The van der Waals surface area contributed by atoms with Crippen molar-refractivity contribution < 1.29 is 61.2 Å². The Kier molecular flexibility index (Phi) is 21.5. The number of phenolic OH excluding ortho intramolecular Hbond substituents is 2. The Morgan fingerprint density at radius 2 is 0.677 bits per heavy atom. The van der Waals surface area contributed by atoms with Crippen LogP contribution in [0.2, 0.25) is 0 Å². The van der Waals surface area contributed by atoms with Gasteiger partial charge >= 0.3 is 0 Å². The first-order valence-corrected chi connectivity index (χ1v) is 42.5. The topological polar surface area (TPSA) is 128 Å². The van der Waals surface area contributed by atoms with E-state index in [1.807, 2.05) is 79.1 Å². The third-order valence-electron chi connectivity index (χ3n) is 24.7. The number of fused-ring (bicyclic) bond motifs is 12. The summed E-state index contributed by atoms with van der Waals surface area (Å²) in [6, 6.07) is 129. The fourth-order valence-electron chi connectivity index (χ4n) is 18.0. The van der Waals surface area contributed by atoms with Crippen molar-refractivity contribution in [3.8, 4) is 124 Å². The van der Waals surface area contributed by atoms with E-state index in [4.69, 9.17) is 28.8 Å². The summed E-state index contributed by atoms with van der Waals surface area (Å²) in [5, 5.41) is 31.6. The van der Waals surface area contributed by atoms with Crippen LogP contribution < -0.4 is 0 Å². The standard InChI is InChI=1S/C59H46N3O2.C56H40N3O2.2Pt/c1-58(2,3)42-28-29-50(47(34-42)37-17-8-6-9-18-37)62-51-25-16-24-45(56(51)61-57(62)46-23-14-15-26-52(46)63)39-31-40(33-43(32-39)59(4,5)41-20-10-7-11-21-41)49-35-54-48(36-60-49)55-44-22-13-12-19-38(44)27-30-53(55)64-54;1-56(2,3)41-26-27-48(45(32-41)36-17-8-5-9-18-36)59-49-23-14-22-43(54(49)58-55(59)44-21-12-13-24-50(44)60)39-29-38(35-15-6-4-7-16-35)30-40(31-39)47-33-52-46(34-57-47)53-42-20-11-10-19-37(42)25-28-51(53)61-52;;/h6-30,32-36,63H,1-5H3;4-30,32-34,60H,1-3H3;;/q2*-1;;. The number of furan rings is 2. The second-order valence-corrected chi connectivity index (χ2v) is 35.0. The summed E-state index contributed by atoms with van der Waals surface area (Å²) in [6.07, 6.45) is 3.88. The SMILES string of the molecule is CC(C)(C)c1ccc(-n2c(-c3ccccc3O)nc3c(-c4[c-]c(-c5cc6oc7ccc8ccccc8c7c6cn5)cc(-c5ccccc5)c4)cccc32)c(-c2ccccc2)c1.CC(C)(C)c1ccc(-n2c(-c3ccccc3O)nc3c(-c4[c-]c(-c5cc6oc7ccc8ccccc8c7c6cn5)cc(C(C)(C)c5ccccc5)c4)cccc32)c(-c2ccccc2)c1.[Pt].[Pt]. The summed E-state index contributed by atoms with van der Waals surface area (Å²) >= 11 is 0. The fourth-order valence-corrected chi connectivity index (χ4v) is 18.0. The van der Waals surface area contributed by atoms with E-state index in [1.165, 1.54) is 16.7 Å². The Morgan fingerprint density at radius 3 is 1.13 bits per heavy atom. The number of hydrogen-bond donors (Lipinski definition) is 2. The molecule has 0 saturated carbocycles. The molecular weight excluding hydrogens is 1920 g/mol. The van der Waals surface area contributed by atoms with Gasteiger partial charge in [0.1, 0.15) is 45.5 Å². The number of phenols is 2. The molecule has 0 aliphatic carbocycles. The molecule has 22 aromatic rings. The average molecular weight is 2010 g/mol. The van der Waals surface area contributed by atoms with Gasteiger partial charge in [-0.05, 0) is 151 Å². The zero-order chi connectivity index (χ0) is 85.0. The van der Waals surface area contributed by atoms with E-state index in [9.17, 15) is 10.2 Å². The van der Waals surface area contributed by atoms with Crippen molar-refractivity contribution in [3.05, 3.63) is 399 Å². The van der Waals surface area contributed by atoms with Crippen LogP contribution in [0.15, 0.2) is 373 Å². The number of nitrogens with zero attached hydrogens (tertiary/aromatic N) is 6. The monoisotopic (exact) mass is 2000 g/mol. The average Bonchev–Trinajstić information content (AvgIpc) is 1.60. The first kappa shape index (κ1) is 82.5. The molecule has 0 aliphatic rings. The van der Waals surface area contributed by atoms with Gasteiger partial charge in [-0.15, -0.1) is 53.1 Å². The number of aromatic hydroxyl groups is 2. The van der Waals surface area contributed by atoms with Crippen molar-refractivity contribution in [2.45, 2.75) is 71.6 Å². The molecule has 0 atom stereocenters. The summed E-state index contributed by atoms with van der Waals surface area (Å²) < 4.78 is 17.5. The Balaban J connectivity index is 0.000000163. The van der Waals surface area contributed by atoms with Crippen molar-refractivity contribution >= 4 is 87.5 Å². The van der Waals surface area contributed by atoms with Gasteiger partial charge in [0.2, 0.25) is 0 Å². The molecule has 0 spiro atoms. The quantitative estimate of drug-likeness (QED) is 0.109. The van der Waals surface area contributed by atoms with E-state index < -0.39 is 0 Å². The molecule has 22 rings (SSSR count). The predicted octanol–water partition coefficient (Wildman–Crippen LogP) is 29.9. The van der Waals surface area contributed by atoms with Crippen LogP contribution in [-0.2, 0) is 58.4 Å². The number of para-hydroxylation sites is 4. The van der Waals surface area contributed by atoms with Crippen LogP contribution in [0.5, 0.6) is 11.5 Å². The minimum absolute atomic E-state index is 0. The molecule has 16 aromatic carbocycles. The van der Waals surface area contributed by atoms with Gasteiger partial charge in [-0.2, -0.15) is 0 Å². The van der Waals surface area contributed by atoms with Gasteiger partial charge in [0.15, 0.2) is 0 Å². The van der Waals surface area contributed by atoms with Gasteiger partial charge in [0.25, 0.3) is 0 Å². The third-order valence-corrected chi connectivity index (χ3v) is 24.7. The summed E-state index contributed by atoms with van der Waals surface area (Å²) in [4.78, 5) is 21.1. The minimum atomic E-state index is -0.379. The number of aromatic nitrogens is 6. The number of hydrogen-bond acceptors (Lipinski definition) is 8. The van der Waals surface area contributed by atoms with E-state index in [1.54, 1.807) is 12.1 Å². The number of benzene rings is 16. The van der Waals surface area contributed by atoms with Crippen LogP contribution >= 0.6 is 0 Å². The van der Waals surface area contributed by atoms with E-state index in [0.717, 1.165) is 183 Å². The van der Waals surface area contributed by atoms with Gasteiger partial charge < -0.3 is 19.0 Å². The molecule has 12 heteroatoms. The smallest absolute Gasteiger partial charge is 0.148 e. The molecule has 2 N–H and O–H groups in total. The molecule has 0 aliphatic heterocycles. The summed E-state index contributed by atoms with van der Waals surface area (Å²) in [7, 11) is 0. The number of pyridine rings is 2. The second-order valence-electron chi connectivity index (χ2n) is 35.0. The van der Waals surface area contributed by atoms with Crippen LogP contribution in [0.4, 0.5) is 0 Å². The first-order chi connectivity index (χ1) is 60.8. The zero-order valence-corrected chi connectivity index (χ0v) is 75.7. The van der Waals surface area contributed by atoms with Gasteiger partial charge in [-0.1, -0.05) is 326 Å². The van der Waals surface area contributed by atoms with Gasteiger partial charge in [0, 0.05) is 104 Å². The summed E-state index contributed by atoms with van der Waals surface area (Å²) in [6.45, 7) is 18.0. The molecule has 0 radical (unpaired) electrons. The molecule has 6 aromatic heterocycles. The summed E-state index contributed by atoms with van der Waals surface area (Å²) in [5.41, 5.74) is 27.4. The fraction of sp³-hybridized carbons (Fsp3) is 0.0957. The maximum Gasteiger partial charge on any atom is 0.148 e. The Bertz CT molecular complexity index is 7990. The maximum atomic E-state index is 11.5. The molecule has 10 nitrogen and oxygen atoms in total. The van der Waals surface area contributed by atoms with Gasteiger partial charge in [-0.25, -0.2) is 9.97 Å². The Morgan fingerprint density at radius 1 is 0.291 bits per heavy atom. The van der Waals surface area contributed by atoms with Crippen molar-refractivity contribution in [2.75, 3.05) is 0 Å². The molecule has 0 fully saturated rings. The third kappa shape index (κ3) is 15.0. The van der Waals surface area contributed by atoms with Crippen LogP contribution in [0.3, 0.4) is 0 Å². The van der Waals surface area contributed by atoms with E-state index in [2.05, 4.69) is 350 Å². The predicted molar refractivity (Wildman–Crippen MR) is 513 cm³/mol. The van der Waals surface area contributed by atoms with E-state index in [-0.39, 0.29) is 69.9 Å². The van der Waals surface area contributed by atoms with Crippen LogP contribution in [0, 0.1) is 12.1 Å². The maximum absolute atomic E-state index is 11.5. The largest absolute Gasteiger partial charge is 0.507 e.